The van der Waals surface area contributed by atoms with Crippen molar-refractivity contribution in [3.05, 3.63) is 23.8 Å². The molecule has 0 bridgehead atoms. The Morgan fingerprint density at radius 2 is 2.15 bits per heavy atom. The van der Waals surface area contributed by atoms with Crippen LogP contribution in [0.2, 0.25) is 0 Å². The standard InChI is InChI=1S/C14H17N3O3/c15-9-1-3-11(14(19)20)12(7-9)16-5-6-17-10(8-16)2-4-13(17)18/h1,3,7,10H,2,4-6,8,15H2,(H,19,20). The highest BCUT2D eigenvalue weighted by atomic mass is 16.4. The maximum atomic E-state index is 11.7. The lowest BCUT2D eigenvalue weighted by Gasteiger charge is -2.39. The number of carbonyl (C=O) groups excluding carboxylic acids is 1. The van der Waals surface area contributed by atoms with Gasteiger partial charge in [0, 0.05) is 37.8 Å². The smallest absolute Gasteiger partial charge is 0.337 e. The third-order valence-corrected chi connectivity index (χ3v) is 4.09. The van der Waals surface area contributed by atoms with E-state index in [1.54, 1.807) is 18.2 Å². The van der Waals surface area contributed by atoms with E-state index in [-0.39, 0.29) is 17.5 Å². The van der Waals surface area contributed by atoms with Crippen molar-refractivity contribution < 1.29 is 14.7 Å². The van der Waals surface area contributed by atoms with Crippen LogP contribution in [-0.2, 0) is 4.79 Å². The van der Waals surface area contributed by atoms with E-state index in [2.05, 4.69) is 0 Å². The molecule has 2 aliphatic heterocycles. The third-order valence-electron chi connectivity index (χ3n) is 4.09. The third kappa shape index (κ3) is 2.07. The van der Waals surface area contributed by atoms with Gasteiger partial charge < -0.3 is 20.6 Å². The molecule has 0 aromatic heterocycles. The Labute approximate surface area is 116 Å². The number of rotatable bonds is 2. The molecule has 1 atom stereocenters. The zero-order valence-corrected chi connectivity index (χ0v) is 11.1. The van der Waals surface area contributed by atoms with Crippen LogP contribution >= 0.6 is 0 Å². The number of benzene rings is 1. The van der Waals surface area contributed by atoms with Crippen LogP contribution in [0.15, 0.2) is 18.2 Å². The normalized spacial score (nSPS) is 22.0. The van der Waals surface area contributed by atoms with Gasteiger partial charge in [0.2, 0.25) is 5.91 Å². The number of nitrogen functional groups attached to an aromatic ring is 1. The Morgan fingerprint density at radius 3 is 2.90 bits per heavy atom. The second-order valence-electron chi connectivity index (χ2n) is 5.31. The first-order chi connectivity index (χ1) is 9.56. The second kappa shape index (κ2) is 4.70. The number of anilines is 2. The molecule has 1 amide bonds. The number of piperazine rings is 1. The van der Waals surface area contributed by atoms with Crippen molar-refractivity contribution in [1.82, 2.24) is 4.90 Å². The fraction of sp³-hybridized carbons (Fsp3) is 0.429. The lowest BCUT2D eigenvalue weighted by atomic mass is 10.1. The zero-order chi connectivity index (χ0) is 14.3. The van der Waals surface area contributed by atoms with E-state index in [9.17, 15) is 14.7 Å². The fourth-order valence-electron chi connectivity index (χ4n) is 3.07. The number of carboxylic acid groups (broad SMARTS) is 1. The van der Waals surface area contributed by atoms with E-state index in [1.807, 2.05) is 9.80 Å². The molecular weight excluding hydrogens is 258 g/mol. The van der Waals surface area contributed by atoms with Gasteiger partial charge in [0.15, 0.2) is 0 Å². The number of amides is 1. The van der Waals surface area contributed by atoms with Crippen LogP contribution in [0.5, 0.6) is 0 Å². The SMILES string of the molecule is Nc1ccc(C(=O)O)c(N2CCN3C(=O)CCC3C2)c1. The van der Waals surface area contributed by atoms with E-state index in [0.717, 1.165) is 6.42 Å². The minimum Gasteiger partial charge on any atom is -0.478 e. The van der Waals surface area contributed by atoms with Gasteiger partial charge in [0.25, 0.3) is 0 Å². The minimum atomic E-state index is -0.954. The molecule has 20 heavy (non-hydrogen) atoms. The molecule has 0 radical (unpaired) electrons. The van der Waals surface area contributed by atoms with E-state index >= 15 is 0 Å². The van der Waals surface area contributed by atoms with Gasteiger partial charge in [-0.25, -0.2) is 4.79 Å². The van der Waals surface area contributed by atoms with E-state index in [0.29, 0.717) is 37.4 Å². The predicted molar refractivity (Wildman–Crippen MR) is 74.8 cm³/mol. The van der Waals surface area contributed by atoms with Crippen molar-refractivity contribution in [3.8, 4) is 0 Å². The van der Waals surface area contributed by atoms with Crippen LogP contribution in [0.4, 0.5) is 11.4 Å². The molecule has 2 fully saturated rings. The van der Waals surface area contributed by atoms with Gasteiger partial charge in [-0.3, -0.25) is 4.79 Å². The van der Waals surface area contributed by atoms with Crippen molar-refractivity contribution in [3.63, 3.8) is 0 Å². The summed E-state index contributed by atoms with van der Waals surface area (Å²) in [5.41, 5.74) is 7.24. The van der Waals surface area contributed by atoms with Gasteiger partial charge in [0.1, 0.15) is 0 Å². The molecule has 3 N–H and O–H groups in total. The number of fused-ring (bicyclic) bond motifs is 1. The van der Waals surface area contributed by atoms with E-state index in [1.165, 1.54) is 0 Å². The second-order valence-corrected chi connectivity index (χ2v) is 5.31. The number of nitrogens with two attached hydrogens (primary N) is 1. The van der Waals surface area contributed by atoms with Crippen molar-refractivity contribution in [2.24, 2.45) is 0 Å². The summed E-state index contributed by atoms with van der Waals surface area (Å²) in [5.74, 6) is -0.745. The van der Waals surface area contributed by atoms with Crippen LogP contribution in [0, 0.1) is 0 Å². The molecule has 2 heterocycles. The molecule has 1 aromatic rings. The van der Waals surface area contributed by atoms with Crippen LogP contribution in [0.3, 0.4) is 0 Å². The summed E-state index contributed by atoms with van der Waals surface area (Å²) in [7, 11) is 0. The summed E-state index contributed by atoms with van der Waals surface area (Å²) < 4.78 is 0. The monoisotopic (exact) mass is 275 g/mol. The Balaban J connectivity index is 1.89. The maximum absolute atomic E-state index is 11.7. The van der Waals surface area contributed by atoms with Crippen molar-refractivity contribution >= 4 is 23.3 Å². The van der Waals surface area contributed by atoms with Gasteiger partial charge in [-0.1, -0.05) is 0 Å². The minimum absolute atomic E-state index is 0.194. The van der Waals surface area contributed by atoms with Gasteiger partial charge in [-0.15, -0.1) is 0 Å². The number of carboxylic acids is 1. The summed E-state index contributed by atoms with van der Waals surface area (Å²) in [6, 6.07) is 5.04. The molecule has 2 aliphatic rings. The summed E-state index contributed by atoms with van der Waals surface area (Å²) in [4.78, 5) is 26.9. The molecule has 106 valence electrons. The first kappa shape index (κ1) is 12.8. The van der Waals surface area contributed by atoms with Gasteiger partial charge in [0.05, 0.1) is 11.3 Å². The highest BCUT2D eigenvalue weighted by Gasteiger charge is 2.36. The summed E-state index contributed by atoms with van der Waals surface area (Å²) in [6.45, 7) is 1.97. The van der Waals surface area contributed by atoms with Gasteiger partial charge >= 0.3 is 5.97 Å². The Morgan fingerprint density at radius 1 is 1.35 bits per heavy atom. The van der Waals surface area contributed by atoms with Crippen molar-refractivity contribution in [1.29, 1.82) is 0 Å². The van der Waals surface area contributed by atoms with Gasteiger partial charge in [-0.05, 0) is 24.6 Å². The fourth-order valence-corrected chi connectivity index (χ4v) is 3.07. The number of aromatic carboxylic acids is 1. The number of hydrogen-bond donors (Lipinski definition) is 2. The average Bonchev–Trinajstić information content (AvgIpc) is 2.79. The lowest BCUT2D eigenvalue weighted by Crippen LogP contribution is -2.51. The summed E-state index contributed by atoms with van der Waals surface area (Å²) in [5, 5.41) is 9.28. The molecule has 1 unspecified atom stereocenters. The maximum Gasteiger partial charge on any atom is 0.337 e. The number of carbonyl (C=O) groups is 2. The first-order valence-corrected chi connectivity index (χ1v) is 6.73. The molecule has 3 rings (SSSR count). The lowest BCUT2D eigenvalue weighted by molar-refractivity contribution is -0.129. The topological polar surface area (TPSA) is 86.9 Å². The van der Waals surface area contributed by atoms with Gasteiger partial charge in [-0.2, -0.15) is 0 Å². The van der Waals surface area contributed by atoms with E-state index in [4.69, 9.17) is 5.73 Å². The van der Waals surface area contributed by atoms with Crippen LogP contribution in [0.25, 0.3) is 0 Å². The molecule has 6 nitrogen and oxygen atoms in total. The Hall–Kier alpha value is -2.24. The molecule has 0 spiro atoms. The molecule has 6 heteroatoms. The van der Waals surface area contributed by atoms with Crippen LogP contribution < -0.4 is 10.6 Å². The Kier molecular flexibility index (Phi) is 3.00. The summed E-state index contributed by atoms with van der Waals surface area (Å²) >= 11 is 0. The zero-order valence-electron chi connectivity index (χ0n) is 11.1. The number of nitrogens with zero attached hydrogens (tertiary/aromatic N) is 2. The molecular formula is C14H17N3O3. The summed E-state index contributed by atoms with van der Waals surface area (Å²) in [6.07, 6.45) is 1.45. The first-order valence-electron chi connectivity index (χ1n) is 6.73. The van der Waals surface area contributed by atoms with Crippen molar-refractivity contribution in [2.45, 2.75) is 18.9 Å². The molecule has 0 saturated carbocycles. The van der Waals surface area contributed by atoms with Crippen LogP contribution in [-0.4, -0.2) is 47.6 Å². The van der Waals surface area contributed by atoms with E-state index < -0.39 is 5.97 Å². The molecule has 1 aromatic carbocycles. The number of hydrogen-bond acceptors (Lipinski definition) is 4. The highest BCUT2D eigenvalue weighted by Crippen LogP contribution is 2.29. The quantitative estimate of drug-likeness (QED) is 0.779. The Bertz CT molecular complexity index is 573. The van der Waals surface area contributed by atoms with Crippen molar-refractivity contribution in [2.75, 3.05) is 30.3 Å². The predicted octanol–water partition coefficient (Wildman–Crippen LogP) is 0.778. The highest BCUT2D eigenvalue weighted by molar-refractivity contribution is 5.95. The largest absolute Gasteiger partial charge is 0.478 e. The van der Waals surface area contributed by atoms with Crippen LogP contribution in [0.1, 0.15) is 23.2 Å². The molecule has 0 aliphatic carbocycles. The average molecular weight is 275 g/mol. The molecule has 2 saturated heterocycles.